The van der Waals surface area contributed by atoms with E-state index >= 15 is 0 Å². The molecule has 0 spiro atoms. The smallest absolute Gasteiger partial charge is 0.233 e. The minimum Gasteiger partial charge on any atom is -0.495 e. The van der Waals surface area contributed by atoms with E-state index in [1.807, 2.05) is 13.0 Å². The van der Waals surface area contributed by atoms with Crippen LogP contribution in [0.25, 0.3) is 0 Å². The van der Waals surface area contributed by atoms with E-state index in [0.29, 0.717) is 24.4 Å². The van der Waals surface area contributed by atoms with E-state index in [1.54, 1.807) is 19.1 Å². The number of nitrogens with zero attached hydrogens (tertiary/aromatic N) is 1. The number of sulfone groups is 1. The van der Waals surface area contributed by atoms with Crippen molar-refractivity contribution < 1.29 is 22.7 Å². The van der Waals surface area contributed by atoms with E-state index < -0.39 is 15.7 Å². The van der Waals surface area contributed by atoms with Gasteiger partial charge in [-0.25, -0.2) is 8.42 Å². The zero-order valence-electron chi connectivity index (χ0n) is 14.7. The molecule has 138 valence electrons. The third-order valence-electron chi connectivity index (χ3n) is 4.25. The van der Waals surface area contributed by atoms with Crippen molar-refractivity contribution in [1.82, 2.24) is 4.90 Å². The van der Waals surface area contributed by atoms with E-state index in [2.05, 4.69) is 5.32 Å². The number of ether oxygens (including phenoxy) is 1. The van der Waals surface area contributed by atoms with Crippen LogP contribution in [0, 0.1) is 6.92 Å². The predicted molar refractivity (Wildman–Crippen MR) is 95.4 cm³/mol. The van der Waals surface area contributed by atoms with Crippen LogP contribution in [0.4, 0.5) is 5.69 Å². The highest BCUT2D eigenvalue weighted by atomic mass is 32.2. The Bertz CT molecular complexity index is 760. The maximum absolute atomic E-state index is 12.4. The summed E-state index contributed by atoms with van der Waals surface area (Å²) in [4.78, 5) is 26.1. The summed E-state index contributed by atoms with van der Waals surface area (Å²) in [5.41, 5.74) is 1.46. The average molecular weight is 368 g/mol. The molecular weight excluding hydrogens is 344 g/mol. The second-order valence-electron chi connectivity index (χ2n) is 6.17. The summed E-state index contributed by atoms with van der Waals surface area (Å²) in [7, 11) is -1.58. The van der Waals surface area contributed by atoms with E-state index in [9.17, 15) is 18.0 Å². The molecule has 1 saturated heterocycles. The van der Waals surface area contributed by atoms with Crippen molar-refractivity contribution >= 4 is 27.3 Å². The lowest BCUT2D eigenvalue weighted by atomic mass is 10.2. The fourth-order valence-electron chi connectivity index (χ4n) is 3.01. The van der Waals surface area contributed by atoms with Gasteiger partial charge in [0, 0.05) is 12.6 Å². The molecule has 1 aromatic carbocycles. The highest BCUT2D eigenvalue weighted by molar-refractivity contribution is 7.91. The highest BCUT2D eigenvalue weighted by Crippen LogP contribution is 2.25. The third kappa shape index (κ3) is 4.94. The summed E-state index contributed by atoms with van der Waals surface area (Å²) >= 11 is 0. The van der Waals surface area contributed by atoms with Crippen LogP contribution in [0.2, 0.25) is 0 Å². The van der Waals surface area contributed by atoms with Gasteiger partial charge in [-0.15, -0.1) is 0 Å². The molecule has 7 nitrogen and oxygen atoms in total. The SMILES string of the molecule is CCN(C(=O)CC(=O)Nc1cc(C)ccc1OC)C1CCS(=O)(=O)C1. The van der Waals surface area contributed by atoms with E-state index in [1.165, 1.54) is 12.0 Å². The summed E-state index contributed by atoms with van der Waals surface area (Å²) in [5.74, 6) is -0.240. The Morgan fingerprint density at radius 1 is 1.36 bits per heavy atom. The maximum Gasteiger partial charge on any atom is 0.233 e. The second-order valence-corrected chi connectivity index (χ2v) is 8.39. The minimum absolute atomic E-state index is 0.0279. The molecule has 1 unspecified atom stereocenters. The van der Waals surface area contributed by atoms with Gasteiger partial charge in [-0.1, -0.05) is 6.07 Å². The van der Waals surface area contributed by atoms with Gasteiger partial charge in [-0.3, -0.25) is 9.59 Å². The van der Waals surface area contributed by atoms with Crippen LogP contribution in [-0.4, -0.2) is 56.3 Å². The lowest BCUT2D eigenvalue weighted by molar-refractivity contribution is -0.135. The fourth-order valence-corrected chi connectivity index (χ4v) is 4.74. The molecule has 1 aliphatic heterocycles. The molecular formula is C17H24N2O5S. The van der Waals surface area contributed by atoms with Gasteiger partial charge in [0.25, 0.3) is 0 Å². The molecule has 8 heteroatoms. The first-order valence-corrected chi connectivity index (χ1v) is 10.0. The van der Waals surface area contributed by atoms with Gasteiger partial charge in [0.05, 0.1) is 24.3 Å². The van der Waals surface area contributed by atoms with Crippen LogP contribution in [-0.2, 0) is 19.4 Å². The first-order chi connectivity index (χ1) is 11.8. The molecule has 1 aromatic rings. The zero-order chi connectivity index (χ0) is 18.6. The van der Waals surface area contributed by atoms with Gasteiger partial charge < -0.3 is 15.0 Å². The van der Waals surface area contributed by atoms with Crippen molar-refractivity contribution in [1.29, 1.82) is 0 Å². The molecule has 1 N–H and O–H groups in total. The van der Waals surface area contributed by atoms with Gasteiger partial charge in [-0.05, 0) is 38.0 Å². The first-order valence-electron chi connectivity index (χ1n) is 8.20. The van der Waals surface area contributed by atoms with E-state index in [0.717, 1.165) is 5.56 Å². The quantitative estimate of drug-likeness (QED) is 0.766. The molecule has 0 saturated carbocycles. The zero-order valence-corrected chi connectivity index (χ0v) is 15.6. The number of methoxy groups -OCH3 is 1. The predicted octanol–water partition coefficient (Wildman–Crippen LogP) is 1.37. The Kier molecular flexibility index (Phi) is 6.05. The standard InChI is InChI=1S/C17H24N2O5S/c1-4-19(13-7-8-25(22,23)11-13)17(21)10-16(20)18-14-9-12(2)5-6-15(14)24-3/h5-6,9,13H,4,7-8,10-11H2,1-3H3,(H,18,20). The molecule has 0 bridgehead atoms. The Balaban J connectivity index is 2.02. The summed E-state index contributed by atoms with van der Waals surface area (Å²) < 4.78 is 28.4. The van der Waals surface area contributed by atoms with Crippen molar-refractivity contribution in [2.75, 3.05) is 30.5 Å². The summed E-state index contributed by atoms with van der Waals surface area (Å²) in [6.07, 6.45) is 0.0940. The number of amides is 2. The maximum atomic E-state index is 12.4. The van der Waals surface area contributed by atoms with E-state index in [4.69, 9.17) is 4.74 Å². The number of rotatable bonds is 6. The summed E-state index contributed by atoms with van der Waals surface area (Å²) in [5, 5.41) is 2.69. The molecule has 2 rings (SSSR count). The minimum atomic E-state index is -3.09. The number of nitrogens with one attached hydrogen (secondary N) is 1. The third-order valence-corrected chi connectivity index (χ3v) is 6.00. The molecule has 1 heterocycles. The number of benzene rings is 1. The molecule has 1 atom stereocenters. The first kappa shape index (κ1) is 19.2. The molecule has 0 aromatic heterocycles. The monoisotopic (exact) mass is 368 g/mol. The van der Waals surface area contributed by atoms with Gasteiger partial charge in [0.1, 0.15) is 12.2 Å². The van der Waals surface area contributed by atoms with Gasteiger partial charge >= 0.3 is 0 Å². The lowest BCUT2D eigenvalue weighted by Crippen LogP contribution is -2.42. The number of hydrogen-bond donors (Lipinski definition) is 1. The number of aryl methyl sites for hydroxylation is 1. The van der Waals surface area contributed by atoms with Crippen molar-refractivity contribution in [2.45, 2.75) is 32.7 Å². The molecule has 1 fully saturated rings. The Morgan fingerprint density at radius 2 is 2.08 bits per heavy atom. The van der Waals surface area contributed by atoms with Crippen molar-refractivity contribution in [2.24, 2.45) is 0 Å². The molecule has 1 aliphatic rings. The summed E-state index contributed by atoms with van der Waals surface area (Å²) in [6.45, 7) is 4.05. The largest absolute Gasteiger partial charge is 0.495 e. The highest BCUT2D eigenvalue weighted by Gasteiger charge is 2.34. The lowest BCUT2D eigenvalue weighted by Gasteiger charge is -2.26. The number of carbonyl (C=O) groups excluding carboxylic acids is 2. The summed E-state index contributed by atoms with van der Waals surface area (Å²) in [6, 6.07) is 5.03. The topological polar surface area (TPSA) is 92.8 Å². The number of hydrogen-bond acceptors (Lipinski definition) is 5. The molecule has 2 amide bonds. The Labute approximate surface area is 148 Å². The van der Waals surface area contributed by atoms with Crippen LogP contribution >= 0.6 is 0 Å². The van der Waals surface area contributed by atoms with Gasteiger partial charge in [0.2, 0.25) is 11.8 Å². The van der Waals surface area contributed by atoms with E-state index in [-0.39, 0.29) is 29.9 Å². The molecule has 0 radical (unpaired) electrons. The Morgan fingerprint density at radius 3 is 2.64 bits per heavy atom. The molecule has 0 aliphatic carbocycles. The van der Waals surface area contributed by atoms with Crippen LogP contribution in [0.5, 0.6) is 5.75 Å². The fraction of sp³-hybridized carbons (Fsp3) is 0.529. The van der Waals surface area contributed by atoms with Crippen LogP contribution in [0.15, 0.2) is 18.2 Å². The normalized spacial score (nSPS) is 18.6. The van der Waals surface area contributed by atoms with Gasteiger partial charge in [0.15, 0.2) is 9.84 Å². The Hall–Kier alpha value is -2.09. The second kappa shape index (κ2) is 7.86. The number of anilines is 1. The van der Waals surface area contributed by atoms with Crippen LogP contribution in [0.3, 0.4) is 0 Å². The van der Waals surface area contributed by atoms with Crippen LogP contribution in [0.1, 0.15) is 25.3 Å². The van der Waals surface area contributed by atoms with Gasteiger partial charge in [-0.2, -0.15) is 0 Å². The van der Waals surface area contributed by atoms with Crippen molar-refractivity contribution in [3.05, 3.63) is 23.8 Å². The van der Waals surface area contributed by atoms with Crippen molar-refractivity contribution in [3.8, 4) is 5.75 Å². The van der Waals surface area contributed by atoms with Crippen molar-refractivity contribution in [3.63, 3.8) is 0 Å². The average Bonchev–Trinajstić information content (AvgIpc) is 2.88. The number of carbonyl (C=O) groups is 2. The molecule has 25 heavy (non-hydrogen) atoms. The van der Waals surface area contributed by atoms with Crippen LogP contribution < -0.4 is 10.1 Å².